The molecule has 2 amide bonds. The molecule has 0 aliphatic heterocycles. The van der Waals surface area contributed by atoms with E-state index in [0.717, 1.165) is 53.8 Å². The molecule has 6 heteroatoms. The number of urea groups is 1. The number of carbonyl (C=O) groups excluding carboxylic acids is 1. The molecular weight excluding hydrogens is 338 g/mol. The van der Waals surface area contributed by atoms with Crippen LogP contribution in [0.3, 0.4) is 0 Å². The Morgan fingerprint density at radius 3 is 2.85 bits per heavy atom. The lowest BCUT2D eigenvalue weighted by molar-refractivity contribution is 0.246. The van der Waals surface area contributed by atoms with Crippen molar-refractivity contribution in [1.29, 1.82) is 0 Å². The zero-order valence-electron chi connectivity index (χ0n) is 15.8. The first-order chi connectivity index (χ1) is 13.1. The fourth-order valence-corrected chi connectivity index (χ4v) is 3.46. The quantitative estimate of drug-likeness (QED) is 0.681. The maximum Gasteiger partial charge on any atom is 0.319 e. The van der Waals surface area contributed by atoms with E-state index in [9.17, 15) is 4.79 Å². The van der Waals surface area contributed by atoms with Crippen LogP contribution in [0, 0.1) is 12.8 Å². The third kappa shape index (κ3) is 3.94. The molecule has 0 spiro atoms. The maximum atomic E-state index is 12.6. The van der Waals surface area contributed by atoms with E-state index in [-0.39, 0.29) is 12.1 Å². The Morgan fingerprint density at radius 1 is 1.26 bits per heavy atom. The highest BCUT2D eigenvalue weighted by molar-refractivity contribution is 5.92. The zero-order valence-corrected chi connectivity index (χ0v) is 15.8. The Kier molecular flexibility index (Phi) is 4.79. The summed E-state index contributed by atoms with van der Waals surface area (Å²) in [5, 5.41) is 6.05. The molecule has 0 saturated heterocycles. The lowest BCUT2D eigenvalue weighted by Gasteiger charge is -2.18. The molecule has 1 fully saturated rings. The zero-order chi connectivity index (χ0) is 18.8. The molecule has 0 unspecified atom stereocenters. The first-order valence-electron chi connectivity index (χ1n) is 9.59. The summed E-state index contributed by atoms with van der Waals surface area (Å²) in [5.41, 5.74) is 4.80. The Labute approximate surface area is 159 Å². The predicted octanol–water partition coefficient (Wildman–Crippen LogP) is 4.42. The summed E-state index contributed by atoms with van der Waals surface area (Å²) in [6.07, 6.45) is 6.97. The summed E-state index contributed by atoms with van der Waals surface area (Å²) < 4.78 is 2.13. The number of pyridine rings is 1. The molecule has 0 radical (unpaired) electrons. The van der Waals surface area contributed by atoms with E-state index in [0.29, 0.717) is 5.92 Å². The van der Waals surface area contributed by atoms with Gasteiger partial charge in [-0.3, -0.25) is 4.98 Å². The van der Waals surface area contributed by atoms with Crippen molar-refractivity contribution >= 4 is 22.8 Å². The van der Waals surface area contributed by atoms with Crippen LogP contribution in [0.15, 0.2) is 42.9 Å². The molecule has 1 aliphatic carbocycles. The fraction of sp³-hybridized carbons (Fsp3) is 0.381. The highest BCUT2D eigenvalue weighted by Gasteiger charge is 2.34. The van der Waals surface area contributed by atoms with Crippen molar-refractivity contribution in [2.75, 3.05) is 5.32 Å². The van der Waals surface area contributed by atoms with Gasteiger partial charge in [-0.15, -0.1) is 0 Å². The number of aromatic nitrogens is 3. The monoisotopic (exact) mass is 363 g/mol. The van der Waals surface area contributed by atoms with Crippen molar-refractivity contribution in [2.45, 2.75) is 45.7 Å². The standard InChI is InChI=1S/C21H25N5O/c1-3-10-26-13-23-17-12-16(6-7-19(17)26)24-21(27)25-20(15-4-5-15)18-11-14(2)8-9-22-18/h6-9,11-13,15,20H,3-5,10H2,1-2H3,(H2,24,25,27)/t20-/m0/s1. The number of hydrogen-bond acceptors (Lipinski definition) is 3. The maximum absolute atomic E-state index is 12.6. The third-order valence-electron chi connectivity index (χ3n) is 4.98. The van der Waals surface area contributed by atoms with Crippen LogP contribution in [0.5, 0.6) is 0 Å². The molecule has 140 valence electrons. The van der Waals surface area contributed by atoms with Gasteiger partial charge < -0.3 is 15.2 Å². The fourth-order valence-electron chi connectivity index (χ4n) is 3.46. The van der Waals surface area contributed by atoms with Crippen LogP contribution in [0.2, 0.25) is 0 Å². The smallest absolute Gasteiger partial charge is 0.319 e. The Morgan fingerprint density at radius 2 is 2.11 bits per heavy atom. The second kappa shape index (κ2) is 7.39. The average Bonchev–Trinajstić information content (AvgIpc) is 3.42. The van der Waals surface area contributed by atoms with Gasteiger partial charge in [-0.2, -0.15) is 0 Å². The van der Waals surface area contributed by atoms with Crippen LogP contribution >= 0.6 is 0 Å². The number of fused-ring (bicyclic) bond motifs is 1. The number of hydrogen-bond donors (Lipinski definition) is 2. The van der Waals surface area contributed by atoms with Crippen molar-refractivity contribution in [1.82, 2.24) is 19.9 Å². The van der Waals surface area contributed by atoms with Gasteiger partial charge in [-0.1, -0.05) is 6.92 Å². The van der Waals surface area contributed by atoms with E-state index in [1.54, 1.807) is 6.20 Å². The summed E-state index contributed by atoms with van der Waals surface area (Å²) in [6, 6.07) is 9.62. The van der Waals surface area contributed by atoms with Gasteiger partial charge in [0.25, 0.3) is 0 Å². The van der Waals surface area contributed by atoms with Crippen LogP contribution < -0.4 is 10.6 Å². The summed E-state index contributed by atoms with van der Waals surface area (Å²) in [6.45, 7) is 5.13. The largest absolute Gasteiger partial charge is 0.331 e. The van der Waals surface area contributed by atoms with Crippen LogP contribution in [0.1, 0.15) is 43.5 Å². The molecule has 27 heavy (non-hydrogen) atoms. The highest BCUT2D eigenvalue weighted by atomic mass is 16.2. The minimum Gasteiger partial charge on any atom is -0.331 e. The Bertz CT molecular complexity index is 960. The van der Waals surface area contributed by atoms with E-state index < -0.39 is 0 Å². The number of imidazole rings is 1. The highest BCUT2D eigenvalue weighted by Crippen LogP contribution is 2.40. The molecule has 1 aromatic carbocycles. The van der Waals surface area contributed by atoms with Crippen LogP contribution in [-0.2, 0) is 6.54 Å². The molecule has 3 aromatic rings. The minimum absolute atomic E-state index is 0.0441. The normalized spacial score (nSPS) is 14.9. The predicted molar refractivity (Wildman–Crippen MR) is 107 cm³/mol. The van der Waals surface area contributed by atoms with E-state index in [4.69, 9.17) is 0 Å². The summed E-state index contributed by atoms with van der Waals surface area (Å²) >= 11 is 0. The molecule has 2 N–H and O–H groups in total. The number of benzene rings is 1. The molecule has 1 aliphatic rings. The molecular formula is C21H25N5O. The lowest BCUT2D eigenvalue weighted by Crippen LogP contribution is -2.34. The number of nitrogens with one attached hydrogen (secondary N) is 2. The van der Waals surface area contributed by atoms with E-state index in [1.807, 2.05) is 37.5 Å². The van der Waals surface area contributed by atoms with E-state index in [2.05, 4.69) is 38.2 Å². The van der Waals surface area contributed by atoms with Crippen molar-refractivity contribution in [2.24, 2.45) is 5.92 Å². The number of anilines is 1. The van der Waals surface area contributed by atoms with E-state index in [1.165, 1.54) is 0 Å². The number of amides is 2. The van der Waals surface area contributed by atoms with Gasteiger partial charge in [-0.05, 0) is 68.0 Å². The summed E-state index contributed by atoms with van der Waals surface area (Å²) in [4.78, 5) is 21.5. The number of rotatable bonds is 6. The summed E-state index contributed by atoms with van der Waals surface area (Å²) in [7, 11) is 0. The first kappa shape index (κ1) is 17.5. The second-order valence-corrected chi connectivity index (χ2v) is 7.31. The van der Waals surface area contributed by atoms with Crippen molar-refractivity contribution in [3.8, 4) is 0 Å². The van der Waals surface area contributed by atoms with Gasteiger partial charge in [0.15, 0.2) is 0 Å². The molecule has 2 aromatic heterocycles. The average molecular weight is 363 g/mol. The van der Waals surface area contributed by atoms with E-state index >= 15 is 0 Å². The van der Waals surface area contributed by atoms with Gasteiger partial charge in [0.05, 0.1) is 29.1 Å². The number of nitrogens with zero attached hydrogens (tertiary/aromatic N) is 3. The first-order valence-corrected chi connectivity index (χ1v) is 9.59. The topological polar surface area (TPSA) is 71.8 Å². The molecule has 0 bridgehead atoms. The van der Waals surface area contributed by atoms with Crippen LogP contribution in [0.4, 0.5) is 10.5 Å². The third-order valence-corrected chi connectivity index (χ3v) is 4.98. The summed E-state index contributed by atoms with van der Waals surface area (Å²) in [5.74, 6) is 0.470. The number of carbonyl (C=O) groups is 1. The number of aryl methyl sites for hydroxylation is 2. The molecule has 4 rings (SSSR count). The Balaban J connectivity index is 1.47. The molecule has 1 atom stereocenters. The molecule has 6 nitrogen and oxygen atoms in total. The molecule has 1 saturated carbocycles. The van der Waals surface area contributed by atoms with Gasteiger partial charge in [0, 0.05) is 18.4 Å². The SMILES string of the molecule is CCCn1cnc2cc(NC(=O)N[C@H](c3cc(C)ccn3)C3CC3)ccc21. The van der Waals surface area contributed by atoms with Crippen LogP contribution in [0.25, 0.3) is 11.0 Å². The minimum atomic E-state index is -0.206. The van der Waals surface area contributed by atoms with Crippen LogP contribution in [-0.4, -0.2) is 20.6 Å². The van der Waals surface area contributed by atoms with Crippen molar-refractivity contribution < 1.29 is 4.79 Å². The second-order valence-electron chi connectivity index (χ2n) is 7.31. The van der Waals surface area contributed by atoms with Gasteiger partial charge in [0.2, 0.25) is 0 Å². The lowest BCUT2D eigenvalue weighted by atomic mass is 10.1. The van der Waals surface area contributed by atoms with Gasteiger partial charge in [-0.25, -0.2) is 9.78 Å². The Hall–Kier alpha value is -2.89. The van der Waals surface area contributed by atoms with Gasteiger partial charge in [0.1, 0.15) is 0 Å². The van der Waals surface area contributed by atoms with Gasteiger partial charge >= 0.3 is 6.03 Å². The van der Waals surface area contributed by atoms with Crippen molar-refractivity contribution in [3.63, 3.8) is 0 Å². The van der Waals surface area contributed by atoms with Crippen molar-refractivity contribution in [3.05, 3.63) is 54.1 Å². The molecule has 2 heterocycles.